The maximum Gasteiger partial charge on any atom is 0.285 e. The molecule has 9 nitrogen and oxygen atoms in total. The number of rotatable bonds is 6. The van der Waals surface area contributed by atoms with E-state index in [1.54, 1.807) is 38.1 Å². The lowest BCUT2D eigenvalue weighted by molar-refractivity contribution is -0.129. The van der Waals surface area contributed by atoms with E-state index < -0.39 is 11.5 Å². The summed E-state index contributed by atoms with van der Waals surface area (Å²) in [5, 5.41) is 27.3. The van der Waals surface area contributed by atoms with Gasteiger partial charge in [-0.15, -0.1) is 10.2 Å². The van der Waals surface area contributed by atoms with Gasteiger partial charge in [0.15, 0.2) is 5.60 Å². The summed E-state index contributed by atoms with van der Waals surface area (Å²) in [5.41, 5.74) is 5.07. The second-order valence-electron chi connectivity index (χ2n) is 6.11. The lowest BCUT2D eigenvalue weighted by Gasteiger charge is -2.20. The normalized spacial score (nSPS) is 19.3. The molecule has 3 rings (SSSR count). The van der Waals surface area contributed by atoms with Crippen molar-refractivity contribution >= 4 is 39.7 Å². The average molecular weight is 388 g/mol. The standard InChI is InChI=1S/C17H20N6O3S/c1-3-17(26)10(2)22-23(15(17)25)12-6-4-5-11(9-12)14(24)19-8-7-13-20-21-16(18)27-13/h4-6,9,26H,3,7-8H2,1-2H3,(H2,18,21)(H,19,24). The Hall–Kier alpha value is -2.85. The minimum absolute atomic E-state index is 0.230. The molecule has 1 aromatic carbocycles. The number of hydrazone groups is 1. The maximum atomic E-state index is 12.5. The minimum Gasteiger partial charge on any atom is -0.374 e. The van der Waals surface area contributed by atoms with Gasteiger partial charge in [0.1, 0.15) is 5.01 Å². The predicted octanol–water partition coefficient (Wildman–Crippen LogP) is 0.956. The molecular formula is C17H20N6O3S. The van der Waals surface area contributed by atoms with Gasteiger partial charge in [0.05, 0.1) is 11.4 Å². The van der Waals surface area contributed by atoms with Crippen molar-refractivity contribution < 1.29 is 14.7 Å². The number of benzene rings is 1. The average Bonchev–Trinajstić information content (AvgIpc) is 3.18. The van der Waals surface area contributed by atoms with E-state index in [9.17, 15) is 14.7 Å². The Morgan fingerprint density at radius 2 is 2.19 bits per heavy atom. The number of nitrogens with zero attached hydrogens (tertiary/aromatic N) is 4. The maximum absolute atomic E-state index is 12.5. The molecule has 2 aromatic rings. The molecule has 1 unspecified atom stereocenters. The second kappa shape index (κ2) is 7.41. The lowest BCUT2D eigenvalue weighted by Crippen LogP contribution is -2.45. The zero-order chi connectivity index (χ0) is 19.6. The van der Waals surface area contributed by atoms with E-state index in [-0.39, 0.29) is 12.3 Å². The van der Waals surface area contributed by atoms with Crippen LogP contribution in [-0.4, -0.2) is 45.0 Å². The number of aliphatic hydroxyl groups is 1. The van der Waals surface area contributed by atoms with E-state index in [1.807, 2.05) is 0 Å². The number of hydrogen-bond acceptors (Lipinski definition) is 8. The third-order valence-corrected chi connectivity index (χ3v) is 5.18. The highest BCUT2D eigenvalue weighted by atomic mass is 32.1. The zero-order valence-electron chi connectivity index (χ0n) is 15.0. The molecule has 2 heterocycles. The van der Waals surface area contributed by atoms with Crippen molar-refractivity contribution in [3.05, 3.63) is 34.8 Å². The summed E-state index contributed by atoms with van der Waals surface area (Å²) in [6.07, 6.45) is 0.756. The fourth-order valence-corrected chi connectivity index (χ4v) is 3.33. The summed E-state index contributed by atoms with van der Waals surface area (Å²) < 4.78 is 0. The molecule has 0 saturated heterocycles. The largest absolute Gasteiger partial charge is 0.374 e. The first-order valence-electron chi connectivity index (χ1n) is 8.44. The molecule has 1 aromatic heterocycles. The van der Waals surface area contributed by atoms with E-state index in [2.05, 4.69) is 20.6 Å². The molecule has 0 spiro atoms. The molecule has 1 aliphatic rings. The van der Waals surface area contributed by atoms with Crippen molar-refractivity contribution in [2.24, 2.45) is 5.10 Å². The van der Waals surface area contributed by atoms with Crippen LogP contribution in [0, 0.1) is 0 Å². The summed E-state index contributed by atoms with van der Waals surface area (Å²) in [6.45, 7) is 3.71. The van der Waals surface area contributed by atoms with Crippen LogP contribution in [0.1, 0.15) is 35.6 Å². The number of hydrogen-bond donors (Lipinski definition) is 3. The molecule has 0 aliphatic carbocycles. The van der Waals surface area contributed by atoms with Crippen LogP contribution in [0.15, 0.2) is 29.4 Å². The van der Waals surface area contributed by atoms with Crippen LogP contribution in [-0.2, 0) is 11.2 Å². The van der Waals surface area contributed by atoms with Crippen LogP contribution >= 0.6 is 11.3 Å². The number of carbonyl (C=O) groups is 2. The van der Waals surface area contributed by atoms with Crippen LogP contribution in [0.5, 0.6) is 0 Å². The Morgan fingerprint density at radius 3 is 2.81 bits per heavy atom. The lowest BCUT2D eigenvalue weighted by atomic mass is 9.95. The van der Waals surface area contributed by atoms with E-state index in [4.69, 9.17) is 5.73 Å². The third-order valence-electron chi connectivity index (χ3n) is 4.37. The quantitative estimate of drug-likeness (QED) is 0.675. The van der Waals surface area contributed by atoms with Crippen molar-refractivity contribution in [2.75, 3.05) is 17.3 Å². The first kappa shape index (κ1) is 18.9. The van der Waals surface area contributed by atoms with E-state index >= 15 is 0 Å². The summed E-state index contributed by atoms with van der Waals surface area (Å²) in [7, 11) is 0. The van der Waals surface area contributed by atoms with E-state index in [0.29, 0.717) is 35.1 Å². The Kier molecular flexibility index (Phi) is 5.19. The van der Waals surface area contributed by atoms with Crippen molar-refractivity contribution in [1.29, 1.82) is 0 Å². The number of nitrogens with one attached hydrogen (secondary N) is 1. The van der Waals surface area contributed by atoms with Crippen LogP contribution in [0.4, 0.5) is 10.8 Å². The molecular weight excluding hydrogens is 368 g/mol. The molecule has 142 valence electrons. The van der Waals surface area contributed by atoms with Crippen molar-refractivity contribution in [1.82, 2.24) is 15.5 Å². The van der Waals surface area contributed by atoms with Gasteiger partial charge in [-0.3, -0.25) is 9.59 Å². The summed E-state index contributed by atoms with van der Waals surface area (Å²) >= 11 is 1.28. The van der Waals surface area contributed by atoms with Gasteiger partial charge in [-0.1, -0.05) is 24.3 Å². The first-order valence-corrected chi connectivity index (χ1v) is 9.25. The number of anilines is 2. The number of aromatic nitrogens is 2. The number of nitrogens with two attached hydrogens (primary N) is 1. The molecule has 0 fully saturated rings. The minimum atomic E-state index is -1.60. The van der Waals surface area contributed by atoms with E-state index in [0.717, 1.165) is 10.0 Å². The molecule has 1 atom stereocenters. The first-order chi connectivity index (χ1) is 12.8. The highest BCUT2D eigenvalue weighted by Gasteiger charge is 2.46. The van der Waals surface area contributed by atoms with Crippen LogP contribution in [0.25, 0.3) is 0 Å². The van der Waals surface area contributed by atoms with Gasteiger partial charge < -0.3 is 16.2 Å². The highest BCUT2D eigenvalue weighted by molar-refractivity contribution is 7.15. The summed E-state index contributed by atoms with van der Waals surface area (Å²) in [4.78, 5) is 24.9. The monoisotopic (exact) mass is 388 g/mol. The van der Waals surface area contributed by atoms with Crippen LogP contribution in [0.3, 0.4) is 0 Å². The number of nitrogen functional groups attached to an aromatic ring is 1. The molecule has 27 heavy (non-hydrogen) atoms. The van der Waals surface area contributed by atoms with Gasteiger partial charge in [-0.2, -0.15) is 10.1 Å². The number of amides is 2. The Labute approximate surface area is 159 Å². The molecule has 10 heteroatoms. The second-order valence-corrected chi connectivity index (χ2v) is 7.20. The van der Waals surface area contributed by atoms with Crippen molar-refractivity contribution in [3.63, 3.8) is 0 Å². The SMILES string of the molecule is CCC1(O)C(=O)N(c2cccc(C(=O)NCCc3nnc(N)s3)c2)N=C1C. The topological polar surface area (TPSA) is 134 Å². The van der Waals surface area contributed by atoms with Gasteiger partial charge in [-0.05, 0) is 31.5 Å². The molecule has 4 N–H and O–H groups in total. The molecule has 1 aliphatic heterocycles. The molecule has 2 amide bonds. The number of carbonyl (C=O) groups excluding carboxylic acids is 2. The third kappa shape index (κ3) is 3.67. The fraction of sp³-hybridized carbons (Fsp3) is 0.353. The summed E-state index contributed by atoms with van der Waals surface area (Å²) in [6, 6.07) is 6.53. The molecule has 0 bridgehead atoms. The smallest absolute Gasteiger partial charge is 0.285 e. The van der Waals surface area contributed by atoms with Gasteiger partial charge >= 0.3 is 0 Å². The highest BCUT2D eigenvalue weighted by Crippen LogP contribution is 2.29. The summed E-state index contributed by atoms with van der Waals surface area (Å²) in [5.74, 6) is -0.804. The van der Waals surface area contributed by atoms with E-state index in [1.165, 1.54) is 11.3 Å². The van der Waals surface area contributed by atoms with Crippen LogP contribution < -0.4 is 16.1 Å². The Balaban J connectivity index is 1.68. The Morgan fingerprint density at radius 1 is 1.41 bits per heavy atom. The fourth-order valence-electron chi connectivity index (χ4n) is 2.72. The van der Waals surface area contributed by atoms with Crippen LogP contribution in [0.2, 0.25) is 0 Å². The van der Waals surface area contributed by atoms with Gasteiger partial charge in [0.25, 0.3) is 11.8 Å². The predicted molar refractivity (Wildman–Crippen MR) is 103 cm³/mol. The molecule has 0 radical (unpaired) electrons. The van der Waals surface area contributed by atoms with Gasteiger partial charge in [0.2, 0.25) is 5.13 Å². The molecule has 0 saturated carbocycles. The van der Waals surface area contributed by atoms with Crippen molar-refractivity contribution in [3.8, 4) is 0 Å². The van der Waals surface area contributed by atoms with Gasteiger partial charge in [-0.25, -0.2) is 0 Å². The Bertz CT molecular complexity index is 912. The van der Waals surface area contributed by atoms with Gasteiger partial charge in [0, 0.05) is 18.5 Å². The van der Waals surface area contributed by atoms with Crippen molar-refractivity contribution in [2.45, 2.75) is 32.3 Å². The zero-order valence-corrected chi connectivity index (χ0v) is 15.8.